The fourth-order valence-corrected chi connectivity index (χ4v) is 5.05. The summed E-state index contributed by atoms with van der Waals surface area (Å²) in [6.45, 7) is 2.00. The third-order valence-electron chi connectivity index (χ3n) is 5.66. The van der Waals surface area contributed by atoms with Crippen LogP contribution in [-0.2, 0) is 4.74 Å². The fraction of sp³-hybridized carbons (Fsp3) is 1.00. The van der Waals surface area contributed by atoms with Crippen molar-refractivity contribution in [3.05, 3.63) is 0 Å². The molecular weight excluding hydrogens is 280 g/mol. The van der Waals surface area contributed by atoms with Crippen LogP contribution in [0.1, 0.15) is 57.8 Å². The van der Waals surface area contributed by atoms with Crippen LogP contribution in [0.3, 0.4) is 0 Å². The molecule has 2 N–H and O–H groups in total. The van der Waals surface area contributed by atoms with Crippen LogP contribution in [0.5, 0.6) is 0 Å². The summed E-state index contributed by atoms with van der Waals surface area (Å²) in [5.41, 5.74) is 0. The van der Waals surface area contributed by atoms with Crippen molar-refractivity contribution in [2.75, 3.05) is 19.4 Å². The van der Waals surface area contributed by atoms with Crippen LogP contribution in [0.15, 0.2) is 0 Å². The normalized spacial score (nSPS) is 41.3. The molecule has 0 aromatic rings. The van der Waals surface area contributed by atoms with Gasteiger partial charge in [-0.1, -0.05) is 0 Å². The summed E-state index contributed by atoms with van der Waals surface area (Å²) in [6, 6.07) is 0.753. The second kappa shape index (κ2) is 8.19. The van der Waals surface area contributed by atoms with Crippen LogP contribution < -0.4 is 10.6 Å². The van der Waals surface area contributed by atoms with E-state index in [9.17, 15) is 0 Å². The number of hydrogen-bond acceptors (Lipinski definition) is 4. The lowest BCUT2D eigenvalue weighted by Crippen LogP contribution is -2.54. The van der Waals surface area contributed by atoms with Gasteiger partial charge in [-0.3, -0.25) is 10.6 Å². The fourth-order valence-electron chi connectivity index (χ4n) is 4.31. The first-order valence-corrected chi connectivity index (χ1v) is 10.3. The third-order valence-corrected chi connectivity index (χ3v) is 6.80. The van der Waals surface area contributed by atoms with E-state index in [1.54, 1.807) is 0 Å². The lowest BCUT2D eigenvalue weighted by molar-refractivity contribution is 0.100. The SMILES string of the molecule is CSC1CCC(C2CCCC(NCC3CCCO3)N2)CC1. The van der Waals surface area contributed by atoms with Crippen molar-refractivity contribution >= 4 is 11.8 Å². The van der Waals surface area contributed by atoms with E-state index in [0.717, 1.165) is 30.4 Å². The van der Waals surface area contributed by atoms with Crippen molar-refractivity contribution in [3.8, 4) is 0 Å². The van der Waals surface area contributed by atoms with Gasteiger partial charge in [0.2, 0.25) is 0 Å². The van der Waals surface area contributed by atoms with E-state index in [-0.39, 0.29) is 0 Å². The van der Waals surface area contributed by atoms with E-state index in [0.29, 0.717) is 12.3 Å². The standard InChI is InChI=1S/C17H32N2OS/c1-21-15-9-7-13(8-10-15)16-5-2-6-17(19-16)18-12-14-4-3-11-20-14/h13-19H,2-12H2,1H3. The molecule has 2 saturated heterocycles. The van der Waals surface area contributed by atoms with Crippen LogP contribution in [-0.4, -0.2) is 43.0 Å². The Kier molecular flexibility index (Phi) is 6.28. The van der Waals surface area contributed by atoms with Crippen LogP contribution in [0.4, 0.5) is 0 Å². The number of ether oxygens (including phenoxy) is 1. The molecule has 0 aromatic heterocycles. The maximum absolute atomic E-state index is 5.72. The smallest absolute Gasteiger partial charge is 0.0700 e. The zero-order chi connectivity index (χ0) is 14.5. The van der Waals surface area contributed by atoms with Crippen molar-refractivity contribution in [2.24, 2.45) is 5.92 Å². The van der Waals surface area contributed by atoms with Gasteiger partial charge < -0.3 is 4.74 Å². The minimum Gasteiger partial charge on any atom is -0.377 e. The highest BCUT2D eigenvalue weighted by Crippen LogP contribution is 2.34. The van der Waals surface area contributed by atoms with Gasteiger partial charge in [-0.2, -0.15) is 11.8 Å². The predicted octanol–water partition coefficient (Wildman–Crippen LogP) is 3.15. The van der Waals surface area contributed by atoms with E-state index in [1.807, 2.05) is 0 Å². The summed E-state index contributed by atoms with van der Waals surface area (Å²) in [4.78, 5) is 0. The number of piperidine rings is 1. The van der Waals surface area contributed by atoms with Crippen molar-refractivity contribution in [1.29, 1.82) is 0 Å². The highest BCUT2D eigenvalue weighted by molar-refractivity contribution is 7.99. The Morgan fingerprint density at radius 3 is 2.62 bits per heavy atom. The molecular formula is C17H32N2OS. The Morgan fingerprint density at radius 1 is 1.05 bits per heavy atom. The zero-order valence-corrected chi connectivity index (χ0v) is 14.3. The van der Waals surface area contributed by atoms with Gasteiger partial charge in [-0.15, -0.1) is 0 Å². The molecule has 0 aromatic carbocycles. The summed E-state index contributed by atoms with van der Waals surface area (Å²) in [7, 11) is 0. The number of nitrogens with one attached hydrogen (secondary N) is 2. The predicted molar refractivity (Wildman–Crippen MR) is 90.8 cm³/mol. The first kappa shape index (κ1) is 16.1. The average molecular weight is 313 g/mol. The molecule has 3 unspecified atom stereocenters. The van der Waals surface area contributed by atoms with Crippen LogP contribution >= 0.6 is 11.8 Å². The number of thioether (sulfide) groups is 1. The molecule has 3 nitrogen and oxygen atoms in total. The summed E-state index contributed by atoms with van der Waals surface area (Å²) in [6.07, 6.45) is 15.5. The molecule has 0 radical (unpaired) electrons. The summed E-state index contributed by atoms with van der Waals surface area (Å²) >= 11 is 2.07. The maximum atomic E-state index is 5.72. The molecule has 122 valence electrons. The van der Waals surface area contributed by atoms with Gasteiger partial charge in [-0.25, -0.2) is 0 Å². The summed E-state index contributed by atoms with van der Waals surface area (Å²) in [5, 5.41) is 8.55. The Labute approximate surface area is 134 Å². The van der Waals surface area contributed by atoms with Gasteiger partial charge in [0.1, 0.15) is 0 Å². The molecule has 3 fully saturated rings. The number of hydrogen-bond donors (Lipinski definition) is 2. The monoisotopic (exact) mass is 312 g/mol. The Hall–Kier alpha value is 0.230. The highest BCUT2D eigenvalue weighted by atomic mass is 32.2. The molecule has 0 amide bonds. The minimum atomic E-state index is 0.462. The average Bonchev–Trinajstić information content (AvgIpc) is 3.07. The Bertz CT molecular complexity index is 301. The largest absolute Gasteiger partial charge is 0.377 e. The van der Waals surface area contributed by atoms with Gasteiger partial charge in [0.25, 0.3) is 0 Å². The van der Waals surface area contributed by atoms with Crippen molar-refractivity contribution in [1.82, 2.24) is 10.6 Å². The van der Waals surface area contributed by atoms with Crippen LogP contribution in [0, 0.1) is 5.92 Å². The molecule has 3 aliphatic rings. The van der Waals surface area contributed by atoms with Crippen molar-refractivity contribution < 1.29 is 4.74 Å². The van der Waals surface area contributed by atoms with Gasteiger partial charge in [0.05, 0.1) is 12.3 Å². The summed E-state index contributed by atoms with van der Waals surface area (Å²) in [5.74, 6) is 0.917. The maximum Gasteiger partial charge on any atom is 0.0700 e. The summed E-state index contributed by atoms with van der Waals surface area (Å²) < 4.78 is 5.72. The van der Waals surface area contributed by atoms with Gasteiger partial charge >= 0.3 is 0 Å². The van der Waals surface area contributed by atoms with Crippen LogP contribution in [0.2, 0.25) is 0 Å². The molecule has 4 heteroatoms. The molecule has 1 aliphatic carbocycles. The van der Waals surface area contributed by atoms with E-state index < -0.39 is 0 Å². The second-order valence-corrected chi connectivity index (χ2v) is 8.21. The molecule has 21 heavy (non-hydrogen) atoms. The third kappa shape index (κ3) is 4.60. The first-order chi connectivity index (χ1) is 10.3. The van der Waals surface area contributed by atoms with Crippen LogP contribution in [0.25, 0.3) is 0 Å². The first-order valence-electron chi connectivity index (χ1n) is 8.99. The second-order valence-electron chi connectivity index (χ2n) is 7.07. The Morgan fingerprint density at radius 2 is 1.90 bits per heavy atom. The van der Waals surface area contributed by atoms with E-state index in [1.165, 1.54) is 57.8 Å². The molecule has 3 atom stereocenters. The van der Waals surface area contributed by atoms with E-state index >= 15 is 0 Å². The molecule has 0 bridgehead atoms. The molecule has 2 aliphatic heterocycles. The van der Waals surface area contributed by atoms with Gasteiger partial charge in [-0.05, 0) is 70.0 Å². The van der Waals surface area contributed by atoms with Crippen molar-refractivity contribution in [3.63, 3.8) is 0 Å². The Balaban J connectivity index is 1.40. The quantitative estimate of drug-likeness (QED) is 0.817. The highest BCUT2D eigenvalue weighted by Gasteiger charge is 2.31. The van der Waals surface area contributed by atoms with E-state index in [2.05, 4.69) is 28.7 Å². The van der Waals surface area contributed by atoms with Crippen molar-refractivity contribution in [2.45, 2.75) is 81.3 Å². The molecule has 1 saturated carbocycles. The number of rotatable bonds is 5. The topological polar surface area (TPSA) is 33.3 Å². The van der Waals surface area contributed by atoms with Gasteiger partial charge in [0.15, 0.2) is 0 Å². The van der Waals surface area contributed by atoms with E-state index in [4.69, 9.17) is 4.74 Å². The molecule has 0 spiro atoms. The minimum absolute atomic E-state index is 0.462. The van der Waals surface area contributed by atoms with Gasteiger partial charge in [0, 0.05) is 24.4 Å². The lowest BCUT2D eigenvalue weighted by atomic mass is 9.80. The molecule has 2 heterocycles. The molecule has 3 rings (SSSR count). The zero-order valence-electron chi connectivity index (χ0n) is 13.5. The lowest BCUT2D eigenvalue weighted by Gasteiger charge is -2.39.